The van der Waals surface area contributed by atoms with Crippen LogP contribution in [0.4, 0.5) is 13.2 Å². The highest BCUT2D eigenvalue weighted by Gasteiger charge is 2.31. The van der Waals surface area contributed by atoms with E-state index in [2.05, 4.69) is 26.8 Å². The SMILES string of the molecule is C=S1(=O)CCC(NNC(=O)/C=C\n2cnc(-c3cc(C)cc(C(F)(F)F)c3)n2)C1. The van der Waals surface area contributed by atoms with E-state index in [4.69, 9.17) is 0 Å². The monoisotopic (exact) mass is 427 g/mol. The topological polar surface area (TPSA) is 88.9 Å². The van der Waals surface area contributed by atoms with Gasteiger partial charge in [0.2, 0.25) is 0 Å². The predicted molar refractivity (Wildman–Crippen MR) is 105 cm³/mol. The molecule has 3 rings (SSSR count). The largest absolute Gasteiger partial charge is 0.416 e. The van der Waals surface area contributed by atoms with Crippen molar-refractivity contribution in [3.63, 3.8) is 0 Å². The molecule has 0 radical (unpaired) electrons. The molecule has 0 bridgehead atoms. The van der Waals surface area contributed by atoms with E-state index in [-0.39, 0.29) is 17.4 Å². The van der Waals surface area contributed by atoms with Crippen LogP contribution in [0.25, 0.3) is 17.6 Å². The van der Waals surface area contributed by atoms with Gasteiger partial charge in [-0.05, 0) is 52.5 Å². The molecule has 1 aliphatic rings. The molecule has 29 heavy (non-hydrogen) atoms. The Balaban J connectivity index is 1.63. The maximum atomic E-state index is 13.0. The van der Waals surface area contributed by atoms with E-state index in [0.29, 0.717) is 23.5 Å². The van der Waals surface area contributed by atoms with Crippen molar-refractivity contribution in [3.8, 4) is 11.4 Å². The molecule has 1 amide bonds. The van der Waals surface area contributed by atoms with Gasteiger partial charge in [-0.3, -0.25) is 14.4 Å². The quantitative estimate of drug-likeness (QED) is 0.432. The third-order valence-electron chi connectivity index (χ3n) is 4.29. The van der Waals surface area contributed by atoms with Gasteiger partial charge in [0.1, 0.15) is 6.33 Å². The minimum atomic E-state index is -4.46. The molecule has 2 unspecified atom stereocenters. The lowest BCUT2D eigenvalue weighted by atomic mass is 10.1. The molecule has 0 aliphatic carbocycles. The summed E-state index contributed by atoms with van der Waals surface area (Å²) in [5.41, 5.74) is 5.19. The summed E-state index contributed by atoms with van der Waals surface area (Å²) in [6, 6.07) is 3.49. The molecule has 156 valence electrons. The molecular formula is C18H20F3N5O2S. The normalized spacial score (nSPS) is 22.3. The van der Waals surface area contributed by atoms with Gasteiger partial charge < -0.3 is 0 Å². The van der Waals surface area contributed by atoms with Crippen molar-refractivity contribution < 1.29 is 22.2 Å². The van der Waals surface area contributed by atoms with Crippen molar-refractivity contribution in [2.75, 3.05) is 11.5 Å². The van der Waals surface area contributed by atoms with Crippen LogP contribution in [0.1, 0.15) is 17.5 Å². The average Bonchev–Trinajstić information content (AvgIpc) is 3.23. The number of carbonyl (C=O) groups is 1. The summed E-state index contributed by atoms with van der Waals surface area (Å²) in [5.74, 6) is 4.23. The number of aryl methyl sites for hydroxylation is 1. The van der Waals surface area contributed by atoms with Gasteiger partial charge in [0.15, 0.2) is 5.82 Å². The zero-order chi connectivity index (χ0) is 21.2. The van der Waals surface area contributed by atoms with Gasteiger partial charge >= 0.3 is 6.18 Å². The molecule has 2 aromatic rings. The van der Waals surface area contributed by atoms with Gasteiger partial charge in [0.05, 0.1) is 5.56 Å². The molecule has 1 aliphatic heterocycles. The standard InChI is InChI=1S/C18H20F3N5O2S/c1-12-7-13(9-14(8-12)18(19,20)21)17-22-11-26(25-17)5-3-16(27)24-23-15-4-6-29(2,28)10-15/h3,5,7-9,11,15,23H,2,4,6,10H2,1H3,(H,24,27)/b5-3-. The summed E-state index contributed by atoms with van der Waals surface area (Å²) >= 11 is 0. The van der Waals surface area contributed by atoms with Crippen molar-refractivity contribution in [1.29, 1.82) is 0 Å². The lowest BCUT2D eigenvalue weighted by molar-refractivity contribution is -0.137. The number of hydrogen-bond acceptors (Lipinski definition) is 5. The number of halogens is 3. The number of aromatic nitrogens is 3. The van der Waals surface area contributed by atoms with E-state index in [1.165, 1.54) is 23.3 Å². The Morgan fingerprint density at radius 2 is 2.14 bits per heavy atom. The van der Waals surface area contributed by atoms with Crippen LogP contribution < -0.4 is 10.9 Å². The summed E-state index contributed by atoms with van der Waals surface area (Å²) < 4.78 is 52.0. The lowest BCUT2D eigenvalue weighted by Gasteiger charge is -2.10. The highest BCUT2D eigenvalue weighted by Crippen LogP contribution is 2.32. The number of nitrogens with one attached hydrogen (secondary N) is 2. The van der Waals surface area contributed by atoms with Crippen LogP contribution in [0.3, 0.4) is 0 Å². The van der Waals surface area contributed by atoms with Gasteiger partial charge in [-0.2, -0.15) is 13.2 Å². The minimum Gasteiger partial charge on any atom is -0.288 e. The highest BCUT2D eigenvalue weighted by atomic mass is 32.2. The molecule has 1 fully saturated rings. The predicted octanol–water partition coefficient (Wildman–Crippen LogP) is 1.85. The first kappa shape index (κ1) is 21.1. The van der Waals surface area contributed by atoms with Crippen molar-refractivity contribution in [2.24, 2.45) is 0 Å². The third kappa shape index (κ3) is 5.67. The van der Waals surface area contributed by atoms with Crippen molar-refractivity contribution >= 4 is 27.5 Å². The van der Waals surface area contributed by atoms with Crippen LogP contribution in [0.15, 0.2) is 30.6 Å². The van der Waals surface area contributed by atoms with Crippen molar-refractivity contribution in [2.45, 2.75) is 25.6 Å². The molecule has 2 atom stereocenters. The van der Waals surface area contributed by atoms with Gasteiger partial charge in [-0.25, -0.2) is 15.1 Å². The first-order chi connectivity index (χ1) is 13.5. The number of amides is 1. The average molecular weight is 427 g/mol. The van der Waals surface area contributed by atoms with Crippen molar-refractivity contribution in [1.82, 2.24) is 25.6 Å². The second-order valence-corrected chi connectivity index (χ2v) is 9.58. The highest BCUT2D eigenvalue weighted by molar-refractivity contribution is 8.00. The molecule has 1 saturated heterocycles. The van der Waals surface area contributed by atoms with E-state index >= 15 is 0 Å². The Labute approximate surface area is 166 Å². The van der Waals surface area contributed by atoms with Crippen LogP contribution in [-0.4, -0.2) is 48.3 Å². The maximum absolute atomic E-state index is 13.0. The number of hydrogen-bond donors (Lipinski definition) is 2. The van der Waals surface area contributed by atoms with E-state index < -0.39 is 27.2 Å². The van der Waals surface area contributed by atoms with E-state index in [1.54, 1.807) is 13.0 Å². The van der Waals surface area contributed by atoms with Gasteiger partial charge in [0.25, 0.3) is 5.91 Å². The zero-order valence-corrected chi connectivity index (χ0v) is 16.4. The lowest BCUT2D eigenvalue weighted by Crippen LogP contribution is -2.44. The Morgan fingerprint density at radius 1 is 1.38 bits per heavy atom. The van der Waals surface area contributed by atoms with Crippen LogP contribution in [0.5, 0.6) is 0 Å². The summed E-state index contributed by atoms with van der Waals surface area (Å²) in [4.78, 5) is 15.9. The van der Waals surface area contributed by atoms with E-state index in [9.17, 15) is 22.2 Å². The van der Waals surface area contributed by atoms with E-state index in [0.717, 1.165) is 12.1 Å². The summed E-state index contributed by atoms with van der Waals surface area (Å²) in [6.45, 7) is 1.56. The Hall–Kier alpha value is -2.66. The molecule has 2 N–H and O–H groups in total. The van der Waals surface area contributed by atoms with Gasteiger partial charge in [-0.1, -0.05) is 0 Å². The number of carbonyl (C=O) groups excluding carboxylic acids is 1. The fraction of sp³-hybridized carbons (Fsp3) is 0.333. The summed E-state index contributed by atoms with van der Waals surface area (Å²) in [7, 11) is -2.06. The maximum Gasteiger partial charge on any atom is 0.416 e. The summed E-state index contributed by atoms with van der Waals surface area (Å²) in [5, 5.41) is 4.08. The molecule has 0 spiro atoms. The number of alkyl halides is 3. The molecule has 2 heterocycles. The Bertz CT molecular complexity index is 1040. The first-order valence-corrected chi connectivity index (χ1v) is 10.8. The van der Waals surface area contributed by atoms with Crippen LogP contribution in [0.2, 0.25) is 0 Å². The molecule has 11 heteroatoms. The zero-order valence-electron chi connectivity index (χ0n) is 15.6. The fourth-order valence-corrected chi connectivity index (χ4v) is 4.78. The number of nitrogens with zero attached hydrogens (tertiary/aromatic N) is 3. The Kier molecular flexibility index (Phi) is 5.80. The smallest absolute Gasteiger partial charge is 0.288 e. The van der Waals surface area contributed by atoms with Crippen LogP contribution in [0, 0.1) is 6.92 Å². The second kappa shape index (κ2) is 7.99. The second-order valence-electron chi connectivity index (χ2n) is 6.91. The first-order valence-electron chi connectivity index (χ1n) is 8.68. The minimum absolute atomic E-state index is 0.0977. The summed E-state index contributed by atoms with van der Waals surface area (Å²) in [6.07, 6.45) is 0.00729. The Morgan fingerprint density at radius 3 is 2.79 bits per heavy atom. The molecule has 1 aromatic heterocycles. The molecule has 1 aromatic carbocycles. The number of benzene rings is 1. The molecule has 0 saturated carbocycles. The van der Waals surface area contributed by atoms with Gasteiger partial charge in [-0.15, -0.1) is 5.10 Å². The van der Waals surface area contributed by atoms with Crippen LogP contribution in [-0.2, 0) is 20.5 Å². The number of hydrazine groups is 1. The van der Waals surface area contributed by atoms with E-state index in [1.807, 2.05) is 0 Å². The van der Waals surface area contributed by atoms with Crippen LogP contribution >= 0.6 is 0 Å². The fourth-order valence-electron chi connectivity index (χ4n) is 2.92. The third-order valence-corrected chi connectivity index (χ3v) is 6.28. The molecular weight excluding hydrogens is 407 g/mol. The number of rotatable bonds is 5. The molecule has 7 nitrogen and oxygen atoms in total. The van der Waals surface area contributed by atoms with Crippen molar-refractivity contribution in [3.05, 3.63) is 41.7 Å². The van der Waals surface area contributed by atoms with Gasteiger partial charge in [0, 0.05) is 35.4 Å².